The van der Waals surface area contributed by atoms with E-state index in [0.29, 0.717) is 5.56 Å². The highest BCUT2D eigenvalue weighted by Crippen LogP contribution is 2.43. The molecule has 0 bridgehead atoms. The summed E-state index contributed by atoms with van der Waals surface area (Å²) in [4.78, 5) is 9.73. The van der Waals surface area contributed by atoms with Crippen LogP contribution in [0, 0.1) is 10.1 Å². The van der Waals surface area contributed by atoms with E-state index in [-0.39, 0.29) is 5.69 Å². The maximum Gasteiger partial charge on any atom is 0.269 e. The van der Waals surface area contributed by atoms with E-state index >= 15 is 0 Å². The van der Waals surface area contributed by atoms with Gasteiger partial charge in [-0.15, -0.1) is 11.6 Å². The van der Waals surface area contributed by atoms with E-state index in [0.717, 1.165) is 11.1 Å². The van der Waals surface area contributed by atoms with E-state index in [1.807, 2.05) is 66.7 Å². The zero-order valence-corrected chi connectivity index (χ0v) is 13.0. The van der Waals surface area contributed by atoms with Crippen molar-refractivity contribution >= 4 is 17.3 Å². The second kappa shape index (κ2) is 6.23. The van der Waals surface area contributed by atoms with Crippen molar-refractivity contribution in [2.45, 2.75) is 4.87 Å². The minimum Gasteiger partial charge on any atom is -0.258 e. The second-order valence-electron chi connectivity index (χ2n) is 5.20. The highest BCUT2D eigenvalue weighted by Gasteiger charge is 2.34. The molecule has 0 saturated heterocycles. The van der Waals surface area contributed by atoms with Gasteiger partial charge < -0.3 is 0 Å². The van der Waals surface area contributed by atoms with Crippen LogP contribution in [0.2, 0.25) is 0 Å². The van der Waals surface area contributed by atoms with Crippen LogP contribution in [-0.4, -0.2) is 4.92 Å². The Kier molecular flexibility index (Phi) is 4.13. The van der Waals surface area contributed by atoms with E-state index in [4.69, 9.17) is 11.6 Å². The first-order valence-electron chi connectivity index (χ1n) is 7.17. The van der Waals surface area contributed by atoms with Crippen molar-refractivity contribution in [2.75, 3.05) is 0 Å². The van der Waals surface area contributed by atoms with Crippen LogP contribution in [0.5, 0.6) is 0 Å². The molecule has 0 N–H and O–H groups in total. The number of benzene rings is 3. The highest BCUT2D eigenvalue weighted by atomic mass is 35.5. The lowest BCUT2D eigenvalue weighted by Gasteiger charge is -2.29. The first-order chi connectivity index (χ1) is 11.1. The molecule has 0 atom stereocenters. The third-order valence-electron chi connectivity index (χ3n) is 3.80. The van der Waals surface area contributed by atoms with E-state index in [1.54, 1.807) is 6.07 Å². The molecule has 0 amide bonds. The summed E-state index contributed by atoms with van der Waals surface area (Å²) < 4.78 is 0. The standard InChI is InChI=1S/C19H14ClNO2/c20-19(15-8-3-1-4-9-15,16-10-5-2-6-11-16)17-12-7-13-18(14-17)21(22)23/h1-14H. The Bertz CT molecular complexity index is 780. The molecule has 0 aromatic heterocycles. The normalized spacial score (nSPS) is 11.2. The van der Waals surface area contributed by atoms with Crippen LogP contribution in [0.3, 0.4) is 0 Å². The Balaban J connectivity index is 2.25. The molecular weight excluding hydrogens is 310 g/mol. The van der Waals surface area contributed by atoms with Crippen molar-refractivity contribution in [1.82, 2.24) is 0 Å². The Morgan fingerprint density at radius 1 is 0.739 bits per heavy atom. The largest absolute Gasteiger partial charge is 0.269 e. The van der Waals surface area contributed by atoms with Crippen molar-refractivity contribution in [3.8, 4) is 0 Å². The molecule has 3 rings (SSSR count). The number of nitro groups is 1. The van der Waals surface area contributed by atoms with Gasteiger partial charge in [0.2, 0.25) is 0 Å². The second-order valence-corrected chi connectivity index (χ2v) is 5.76. The zero-order chi connectivity index (χ0) is 16.3. The molecule has 0 saturated carbocycles. The van der Waals surface area contributed by atoms with Crippen LogP contribution >= 0.6 is 11.6 Å². The van der Waals surface area contributed by atoms with Gasteiger partial charge in [-0.2, -0.15) is 0 Å². The minimum atomic E-state index is -0.978. The minimum absolute atomic E-state index is 0.0272. The van der Waals surface area contributed by atoms with Gasteiger partial charge in [0.25, 0.3) is 5.69 Å². The molecule has 114 valence electrons. The number of nitrogens with zero attached hydrogens (tertiary/aromatic N) is 1. The number of nitro benzene ring substituents is 1. The van der Waals surface area contributed by atoms with Gasteiger partial charge in [0.1, 0.15) is 4.87 Å². The monoisotopic (exact) mass is 323 g/mol. The van der Waals surface area contributed by atoms with E-state index in [1.165, 1.54) is 12.1 Å². The molecule has 3 aromatic carbocycles. The lowest BCUT2D eigenvalue weighted by molar-refractivity contribution is -0.384. The lowest BCUT2D eigenvalue weighted by atomic mass is 9.84. The van der Waals surface area contributed by atoms with E-state index in [9.17, 15) is 10.1 Å². The van der Waals surface area contributed by atoms with Crippen molar-refractivity contribution in [3.05, 3.63) is 112 Å². The smallest absolute Gasteiger partial charge is 0.258 e. The van der Waals surface area contributed by atoms with Gasteiger partial charge in [-0.05, 0) is 16.7 Å². The molecule has 23 heavy (non-hydrogen) atoms. The summed E-state index contributed by atoms with van der Waals surface area (Å²) in [7, 11) is 0. The summed E-state index contributed by atoms with van der Waals surface area (Å²) in [6, 6.07) is 25.7. The Morgan fingerprint density at radius 2 is 1.22 bits per heavy atom. The van der Waals surface area contributed by atoms with Crippen LogP contribution in [0.1, 0.15) is 16.7 Å². The number of alkyl halides is 1. The Morgan fingerprint density at radius 3 is 1.70 bits per heavy atom. The fourth-order valence-electron chi connectivity index (χ4n) is 2.67. The first kappa shape index (κ1) is 15.3. The van der Waals surface area contributed by atoms with Crippen molar-refractivity contribution in [1.29, 1.82) is 0 Å². The van der Waals surface area contributed by atoms with Crippen molar-refractivity contribution in [3.63, 3.8) is 0 Å². The summed E-state index contributed by atoms with van der Waals surface area (Å²) in [5, 5.41) is 11.1. The van der Waals surface area contributed by atoms with Gasteiger partial charge in [0.15, 0.2) is 0 Å². The van der Waals surface area contributed by atoms with Crippen LogP contribution in [0.4, 0.5) is 5.69 Å². The predicted octanol–water partition coefficient (Wildman–Crippen LogP) is 5.13. The van der Waals surface area contributed by atoms with Crippen molar-refractivity contribution in [2.24, 2.45) is 0 Å². The number of non-ortho nitro benzene ring substituents is 1. The van der Waals surface area contributed by atoms with Gasteiger partial charge in [0.05, 0.1) is 4.92 Å². The quantitative estimate of drug-likeness (QED) is 0.289. The van der Waals surface area contributed by atoms with Crippen LogP contribution in [-0.2, 0) is 4.87 Å². The van der Waals surface area contributed by atoms with Crippen LogP contribution < -0.4 is 0 Å². The van der Waals surface area contributed by atoms with Gasteiger partial charge in [-0.25, -0.2) is 0 Å². The van der Waals surface area contributed by atoms with Gasteiger partial charge in [0, 0.05) is 12.1 Å². The molecule has 0 aliphatic heterocycles. The van der Waals surface area contributed by atoms with Gasteiger partial charge in [-0.1, -0.05) is 72.8 Å². The molecule has 0 radical (unpaired) electrons. The lowest BCUT2D eigenvalue weighted by Crippen LogP contribution is -2.22. The molecule has 3 nitrogen and oxygen atoms in total. The van der Waals surface area contributed by atoms with E-state index in [2.05, 4.69) is 0 Å². The molecular formula is C19H14ClNO2. The number of hydrogen-bond donors (Lipinski definition) is 0. The predicted molar refractivity (Wildman–Crippen MR) is 91.7 cm³/mol. The number of hydrogen-bond acceptors (Lipinski definition) is 2. The molecule has 0 heterocycles. The fourth-order valence-corrected chi connectivity index (χ4v) is 3.04. The molecule has 0 unspecified atom stereocenters. The van der Waals surface area contributed by atoms with Crippen molar-refractivity contribution < 1.29 is 4.92 Å². The molecule has 4 heteroatoms. The molecule has 0 spiro atoms. The molecule has 0 aliphatic carbocycles. The van der Waals surface area contributed by atoms with Gasteiger partial charge in [-0.3, -0.25) is 10.1 Å². The third kappa shape index (κ3) is 2.83. The average Bonchev–Trinajstić information content (AvgIpc) is 2.62. The first-order valence-corrected chi connectivity index (χ1v) is 7.55. The SMILES string of the molecule is O=[N+]([O-])c1cccc(C(Cl)(c2ccccc2)c2ccccc2)c1. The molecule has 0 aliphatic rings. The van der Waals surface area contributed by atoms with Crippen LogP contribution in [0.15, 0.2) is 84.9 Å². The Labute approximate surface area is 139 Å². The number of rotatable bonds is 4. The summed E-state index contributed by atoms with van der Waals surface area (Å²) in [5.41, 5.74) is 2.44. The fraction of sp³-hybridized carbons (Fsp3) is 0.0526. The van der Waals surface area contributed by atoms with Gasteiger partial charge >= 0.3 is 0 Å². The maximum absolute atomic E-state index is 11.1. The summed E-state index contributed by atoms with van der Waals surface area (Å²) in [6.07, 6.45) is 0. The zero-order valence-electron chi connectivity index (χ0n) is 12.2. The summed E-state index contributed by atoms with van der Waals surface area (Å²) in [5.74, 6) is 0. The molecule has 0 fully saturated rings. The Hall–Kier alpha value is -2.65. The highest BCUT2D eigenvalue weighted by molar-refractivity contribution is 6.28. The average molecular weight is 324 g/mol. The topological polar surface area (TPSA) is 43.1 Å². The molecule has 3 aromatic rings. The van der Waals surface area contributed by atoms with Crippen LogP contribution in [0.25, 0.3) is 0 Å². The van der Waals surface area contributed by atoms with E-state index < -0.39 is 9.80 Å². The summed E-state index contributed by atoms with van der Waals surface area (Å²) >= 11 is 7.07. The maximum atomic E-state index is 11.1. The number of halogens is 1. The summed E-state index contributed by atoms with van der Waals surface area (Å²) in [6.45, 7) is 0. The third-order valence-corrected chi connectivity index (χ3v) is 4.45.